The van der Waals surface area contributed by atoms with Crippen LogP contribution in [0.25, 0.3) is 16.6 Å². The van der Waals surface area contributed by atoms with E-state index in [9.17, 15) is 112 Å². The second kappa shape index (κ2) is 32.2. The third-order valence-corrected chi connectivity index (χ3v) is 18.6. The van der Waals surface area contributed by atoms with Gasteiger partial charge in [-0.25, -0.2) is 4.79 Å². The van der Waals surface area contributed by atoms with Crippen LogP contribution in [0, 0.1) is 0 Å². The molecule has 14 bridgehead atoms. The van der Waals surface area contributed by atoms with Crippen LogP contribution in [0.5, 0.6) is 0 Å². The highest BCUT2D eigenvalue weighted by Crippen LogP contribution is 2.40. The first kappa shape index (κ1) is 75.6. The van der Waals surface area contributed by atoms with Gasteiger partial charge in [0.2, 0.25) is 0 Å². The van der Waals surface area contributed by atoms with Crippen molar-refractivity contribution < 1.29 is 183 Å². The number of nitrogens with one attached hydrogen (secondary N) is 1. The monoisotopic (exact) mass is 1430 g/mol. The molecule has 21 aliphatic rings. The molecular formula is C59H83N3O37. The van der Waals surface area contributed by atoms with Gasteiger partial charge in [-0.15, -0.1) is 0 Å². The van der Waals surface area contributed by atoms with Crippen LogP contribution in [0.4, 0.5) is 0 Å². The number of ether oxygens (including phenoxy) is 15. The fourth-order valence-corrected chi connectivity index (χ4v) is 13.2. The van der Waals surface area contributed by atoms with Crippen molar-refractivity contribution in [2.24, 2.45) is 0 Å². The number of aliphatic hydroxyl groups excluding tert-OH is 20. The maximum atomic E-state index is 14.6. The summed E-state index contributed by atoms with van der Waals surface area (Å²) in [5.74, 6) is -1.75. The zero-order valence-electron chi connectivity index (χ0n) is 52.3. The minimum Gasteiger partial charge on any atom is -0.461 e. The van der Waals surface area contributed by atoms with Gasteiger partial charge in [0.25, 0.3) is 5.91 Å². The second-order valence-corrected chi connectivity index (χ2v) is 24.7. The van der Waals surface area contributed by atoms with Crippen molar-refractivity contribution in [1.29, 1.82) is 0 Å². The van der Waals surface area contributed by atoms with E-state index in [1.54, 1.807) is 31.2 Å². The Balaban J connectivity index is 0.908. The van der Waals surface area contributed by atoms with Gasteiger partial charge in [0.05, 0.1) is 57.3 Å². The topological polar surface area (TPSA) is 607 Å². The Morgan fingerprint density at radius 2 is 0.677 bits per heavy atom. The minimum absolute atomic E-state index is 0.0494. The summed E-state index contributed by atoms with van der Waals surface area (Å²) in [6, 6.07) is 7.86. The lowest BCUT2D eigenvalue weighted by Gasteiger charge is -2.50. The Morgan fingerprint density at radius 1 is 0.394 bits per heavy atom. The number of hydrogen-bond acceptors (Lipinski definition) is 38. The molecule has 3 aromatic heterocycles. The summed E-state index contributed by atoms with van der Waals surface area (Å²) in [6.07, 6.45) is -68.3. The van der Waals surface area contributed by atoms with Crippen LogP contribution in [-0.2, 0) is 71.1 Å². The maximum Gasteiger partial charge on any atom is 0.355 e. The lowest BCUT2D eigenvalue weighted by Crippen LogP contribution is -2.68. The highest BCUT2D eigenvalue weighted by atomic mass is 16.8. The van der Waals surface area contributed by atoms with E-state index < -0.39 is 273 Å². The molecule has 556 valence electrons. The molecule has 99 heavy (non-hydrogen) atoms. The number of hydrogen-bond donors (Lipinski definition) is 21. The van der Waals surface area contributed by atoms with Crippen LogP contribution in [-0.4, -0.2) is 391 Å². The smallest absolute Gasteiger partial charge is 0.355 e. The van der Waals surface area contributed by atoms with Crippen molar-refractivity contribution in [3.63, 3.8) is 0 Å². The molecule has 21 N–H and O–H groups in total. The average molecular weight is 1430 g/mol. The van der Waals surface area contributed by atoms with Crippen LogP contribution < -0.4 is 5.32 Å². The number of aromatic nitrogens is 2. The van der Waals surface area contributed by atoms with Crippen LogP contribution in [0.1, 0.15) is 27.8 Å². The van der Waals surface area contributed by atoms with Gasteiger partial charge in [0.15, 0.2) is 44.0 Å². The molecule has 1 amide bonds. The number of pyridine rings is 2. The molecule has 21 aliphatic heterocycles. The second-order valence-electron chi connectivity index (χ2n) is 24.7. The van der Waals surface area contributed by atoms with Gasteiger partial charge in [0, 0.05) is 25.1 Å². The van der Waals surface area contributed by atoms with Crippen LogP contribution in [0.15, 0.2) is 48.9 Å². The van der Waals surface area contributed by atoms with Crippen LogP contribution in [0.3, 0.4) is 0 Å². The van der Waals surface area contributed by atoms with E-state index in [4.69, 9.17) is 71.1 Å². The van der Waals surface area contributed by atoms with Crippen molar-refractivity contribution >= 4 is 17.4 Å². The van der Waals surface area contributed by atoms with Crippen molar-refractivity contribution in [3.8, 4) is 11.1 Å². The van der Waals surface area contributed by atoms with Crippen LogP contribution in [0.2, 0.25) is 0 Å². The molecule has 35 atom stereocenters. The molecule has 35 unspecified atom stereocenters. The number of fused-ring (bicyclic) bond motifs is 1. The Labute approximate surface area is 559 Å². The zero-order chi connectivity index (χ0) is 71.2. The zero-order valence-corrected chi connectivity index (χ0v) is 52.3. The molecule has 21 fully saturated rings. The first-order chi connectivity index (χ1) is 47.4. The molecule has 0 aliphatic carbocycles. The quantitative estimate of drug-likeness (QED) is 0.0749. The summed E-state index contributed by atoms with van der Waals surface area (Å²) in [5, 5.41) is 229. The summed E-state index contributed by atoms with van der Waals surface area (Å²) < 4.78 is 88.5. The summed E-state index contributed by atoms with van der Waals surface area (Å²) in [4.78, 5) is 32.0. The Bertz CT molecular complexity index is 3110. The van der Waals surface area contributed by atoms with Gasteiger partial charge >= 0.3 is 5.97 Å². The van der Waals surface area contributed by atoms with Gasteiger partial charge in [-0.1, -0.05) is 0 Å². The predicted octanol–water partition coefficient (Wildman–Crippen LogP) is -12.3. The van der Waals surface area contributed by atoms with E-state index in [-0.39, 0.29) is 23.4 Å². The first-order valence-corrected chi connectivity index (χ1v) is 31.8. The predicted molar refractivity (Wildman–Crippen MR) is 310 cm³/mol. The van der Waals surface area contributed by atoms with Gasteiger partial charge < -0.3 is 183 Å². The molecule has 0 spiro atoms. The van der Waals surface area contributed by atoms with Gasteiger partial charge in [-0.2, -0.15) is 0 Å². The summed E-state index contributed by atoms with van der Waals surface area (Å²) >= 11 is 0. The fourth-order valence-electron chi connectivity index (χ4n) is 13.2. The van der Waals surface area contributed by atoms with E-state index >= 15 is 0 Å². The summed E-state index contributed by atoms with van der Waals surface area (Å²) in [6.45, 7) is -5.83. The third kappa shape index (κ3) is 15.0. The molecule has 0 radical (unpaired) electrons. The van der Waals surface area contributed by atoms with Gasteiger partial charge in [-0.3, -0.25) is 9.78 Å². The maximum absolute atomic E-state index is 14.6. The molecule has 3 aromatic rings. The van der Waals surface area contributed by atoms with Gasteiger partial charge in [-0.05, 0) is 48.4 Å². The van der Waals surface area contributed by atoms with Crippen LogP contribution >= 0.6 is 0 Å². The number of carbonyl (C=O) groups excluding carboxylic acids is 2. The fraction of sp³-hybridized carbons (Fsp3) is 0.746. The van der Waals surface area contributed by atoms with E-state index in [0.717, 1.165) is 0 Å². The molecule has 0 saturated carbocycles. The number of rotatable bonds is 12. The molecule has 40 nitrogen and oxygen atoms in total. The highest BCUT2D eigenvalue weighted by Gasteiger charge is 2.60. The highest BCUT2D eigenvalue weighted by molar-refractivity contribution is 6.05. The SMILES string of the molecule is CCOC(=O)c1cc(C(=O)NCC2OC3OC4C(CO)OC(OC5C(CO)OC(OC6C(CO)OC(OC7C(CO)OC(OC8C(CO)OC(OC9C(CO)OC(OC2C(O)C3O)C(O)C9O)C(O)C8O)C(O)C7O)C(O)C6O)C(O)C5O)C(O)C4O)c2cc(-c3ccncc3)ccn12. The van der Waals surface area contributed by atoms with E-state index in [0.29, 0.717) is 11.1 Å². The number of amides is 1. The Kier molecular flexibility index (Phi) is 24.6. The third-order valence-electron chi connectivity index (χ3n) is 18.6. The first-order valence-electron chi connectivity index (χ1n) is 31.8. The van der Waals surface area contributed by atoms with Crippen molar-refractivity contribution in [1.82, 2.24) is 14.7 Å². The molecule has 0 aromatic carbocycles. The standard InChI is InChI=1S/C59H83N3O37/c1-2-85-52(84)22-10-20(21-9-19(5-8-62(21)22)18-3-6-60-7-4-18)51(83)61-11-23-44-30(69)37(76)53(86-23)94-45-24(12-63)88-55(39(78)32(45)71)96-47-26(14-65)90-57(41(80)34(47)73)98-49-28(16-67)92-59(43(82)36(49)75)99-50-29(17-68)91-58(42(81)35(50)74)97-48-27(15-66)89-56(40(79)33(48)72)95-46-25(13-64)87-54(93-44)38(77)31(46)70/h3-10,23-50,53-59,63-82H,2,11-17H2,1H3,(H,61,83). The van der Waals surface area contributed by atoms with Crippen molar-refractivity contribution in [2.75, 3.05) is 52.8 Å². The Hall–Kier alpha value is -4.51. The largest absolute Gasteiger partial charge is 0.461 e. The van der Waals surface area contributed by atoms with E-state index in [1.165, 1.54) is 29.1 Å². The number of esters is 1. The molecule has 21 saturated heterocycles. The molecule has 40 heteroatoms. The normalized spacial score (nSPS) is 45.6. The number of carbonyl (C=O) groups is 2. The van der Waals surface area contributed by atoms with E-state index in [2.05, 4.69) is 10.3 Å². The molecular weight excluding hydrogens is 1340 g/mol. The lowest BCUT2D eigenvalue weighted by molar-refractivity contribution is -0.396. The lowest BCUT2D eigenvalue weighted by atomic mass is 9.95. The molecule has 24 rings (SSSR count). The van der Waals surface area contributed by atoms with Gasteiger partial charge in [0.1, 0.15) is 177 Å². The number of nitrogens with zero attached hydrogens (tertiary/aromatic N) is 2. The van der Waals surface area contributed by atoms with E-state index in [1.807, 2.05) is 0 Å². The Morgan fingerprint density at radius 3 is 0.960 bits per heavy atom. The van der Waals surface area contributed by atoms with Crippen molar-refractivity contribution in [3.05, 3.63) is 60.2 Å². The average Bonchev–Trinajstić information content (AvgIpc) is 1.77. The van der Waals surface area contributed by atoms with Crippen molar-refractivity contribution in [2.45, 2.75) is 222 Å². The minimum atomic E-state index is -2.34. The summed E-state index contributed by atoms with van der Waals surface area (Å²) in [7, 11) is 0. The number of aliphatic hydroxyl groups is 20. The molecule has 24 heterocycles. The summed E-state index contributed by atoms with van der Waals surface area (Å²) in [5.41, 5.74) is 1.17.